The number of anilines is 2. The SMILES string of the molecule is CNc1ncc(F)c(N(C)CCOCC2CC2)n1. The van der Waals surface area contributed by atoms with Crippen LogP contribution in [-0.4, -0.2) is 43.8 Å². The lowest BCUT2D eigenvalue weighted by Crippen LogP contribution is -2.25. The molecule has 0 aromatic carbocycles. The van der Waals surface area contributed by atoms with E-state index in [9.17, 15) is 4.39 Å². The molecule has 0 spiro atoms. The van der Waals surface area contributed by atoms with Crippen molar-refractivity contribution in [1.82, 2.24) is 9.97 Å². The van der Waals surface area contributed by atoms with Crippen LogP contribution >= 0.6 is 0 Å². The zero-order chi connectivity index (χ0) is 13.0. The third-order valence-corrected chi connectivity index (χ3v) is 2.93. The summed E-state index contributed by atoms with van der Waals surface area (Å²) in [6.45, 7) is 2.02. The van der Waals surface area contributed by atoms with Crippen LogP contribution in [-0.2, 0) is 4.74 Å². The van der Waals surface area contributed by atoms with Gasteiger partial charge in [0.25, 0.3) is 0 Å². The molecule has 0 unspecified atom stereocenters. The first kappa shape index (κ1) is 13.0. The third-order valence-electron chi connectivity index (χ3n) is 2.93. The Morgan fingerprint density at radius 2 is 2.33 bits per heavy atom. The van der Waals surface area contributed by atoms with E-state index in [2.05, 4.69) is 15.3 Å². The van der Waals surface area contributed by atoms with Crippen LogP contribution in [0.5, 0.6) is 0 Å². The molecule has 0 saturated heterocycles. The van der Waals surface area contributed by atoms with Gasteiger partial charge in [-0.1, -0.05) is 0 Å². The van der Waals surface area contributed by atoms with Crippen molar-refractivity contribution >= 4 is 11.8 Å². The normalized spacial score (nSPS) is 14.6. The van der Waals surface area contributed by atoms with Gasteiger partial charge in [-0.15, -0.1) is 0 Å². The Labute approximate surface area is 106 Å². The van der Waals surface area contributed by atoms with E-state index in [0.29, 0.717) is 24.9 Å². The number of rotatable bonds is 7. The topological polar surface area (TPSA) is 50.3 Å². The first-order chi connectivity index (χ1) is 8.70. The van der Waals surface area contributed by atoms with Gasteiger partial charge >= 0.3 is 0 Å². The first-order valence-corrected chi connectivity index (χ1v) is 6.20. The van der Waals surface area contributed by atoms with Crippen molar-refractivity contribution in [2.45, 2.75) is 12.8 Å². The van der Waals surface area contributed by atoms with Crippen LogP contribution in [0.15, 0.2) is 6.20 Å². The van der Waals surface area contributed by atoms with E-state index < -0.39 is 5.82 Å². The lowest BCUT2D eigenvalue weighted by Gasteiger charge is -2.18. The summed E-state index contributed by atoms with van der Waals surface area (Å²) in [7, 11) is 3.50. The molecule has 1 aliphatic rings. The maximum absolute atomic E-state index is 13.6. The van der Waals surface area contributed by atoms with Gasteiger partial charge in [-0.3, -0.25) is 0 Å². The Hall–Kier alpha value is -1.43. The minimum absolute atomic E-state index is 0.296. The highest BCUT2D eigenvalue weighted by Gasteiger charge is 2.21. The number of halogens is 1. The van der Waals surface area contributed by atoms with Crippen LogP contribution in [0.3, 0.4) is 0 Å². The van der Waals surface area contributed by atoms with Gasteiger partial charge in [-0.05, 0) is 18.8 Å². The van der Waals surface area contributed by atoms with Gasteiger partial charge in [0.1, 0.15) is 0 Å². The Morgan fingerprint density at radius 1 is 1.56 bits per heavy atom. The maximum Gasteiger partial charge on any atom is 0.224 e. The summed E-state index contributed by atoms with van der Waals surface area (Å²) in [5.41, 5.74) is 0. The second kappa shape index (κ2) is 5.95. The molecule has 0 radical (unpaired) electrons. The molecular weight excluding hydrogens is 235 g/mol. The maximum atomic E-state index is 13.6. The van der Waals surface area contributed by atoms with Crippen LogP contribution in [0.2, 0.25) is 0 Å². The number of hydrogen-bond acceptors (Lipinski definition) is 5. The van der Waals surface area contributed by atoms with Gasteiger partial charge in [-0.25, -0.2) is 9.37 Å². The van der Waals surface area contributed by atoms with Crippen LogP contribution in [0.4, 0.5) is 16.2 Å². The first-order valence-electron chi connectivity index (χ1n) is 6.20. The minimum atomic E-state index is -0.418. The fourth-order valence-electron chi connectivity index (χ4n) is 1.59. The van der Waals surface area contributed by atoms with E-state index in [1.165, 1.54) is 19.0 Å². The predicted molar refractivity (Wildman–Crippen MR) is 68.3 cm³/mol. The highest BCUT2D eigenvalue weighted by atomic mass is 19.1. The van der Waals surface area contributed by atoms with Gasteiger partial charge in [-0.2, -0.15) is 4.98 Å². The highest BCUT2D eigenvalue weighted by molar-refractivity contribution is 5.42. The number of likely N-dealkylation sites (N-methyl/N-ethyl adjacent to an activating group) is 1. The fourth-order valence-corrected chi connectivity index (χ4v) is 1.59. The summed E-state index contributed by atoms with van der Waals surface area (Å²) in [4.78, 5) is 9.64. The molecule has 0 atom stereocenters. The monoisotopic (exact) mass is 254 g/mol. The fraction of sp³-hybridized carbons (Fsp3) is 0.667. The van der Waals surface area contributed by atoms with E-state index >= 15 is 0 Å². The number of ether oxygens (including phenoxy) is 1. The van der Waals surface area contributed by atoms with Crippen molar-refractivity contribution in [2.75, 3.05) is 44.1 Å². The quantitative estimate of drug-likeness (QED) is 0.748. The van der Waals surface area contributed by atoms with E-state index in [4.69, 9.17) is 4.74 Å². The van der Waals surface area contributed by atoms with Crippen molar-refractivity contribution in [3.63, 3.8) is 0 Å². The molecule has 0 aliphatic heterocycles. The average Bonchev–Trinajstić information content (AvgIpc) is 3.19. The lowest BCUT2D eigenvalue weighted by molar-refractivity contribution is 0.130. The largest absolute Gasteiger partial charge is 0.379 e. The van der Waals surface area contributed by atoms with E-state index in [1.54, 1.807) is 19.0 Å². The van der Waals surface area contributed by atoms with Crippen molar-refractivity contribution < 1.29 is 9.13 Å². The number of aromatic nitrogens is 2. The van der Waals surface area contributed by atoms with Crippen molar-refractivity contribution in [3.8, 4) is 0 Å². The summed E-state index contributed by atoms with van der Waals surface area (Å²) in [5, 5.41) is 2.79. The smallest absolute Gasteiger partial charge is 0.224 e. The van der Waals surface area contributed by atoms with Gasteiger partial charge in [0.2, 0.25) is 5.95 Å². The van der Waals surface area contributed by atoms with Gasteiger partial charge in [0.05, 0.1) is 12.8 Å². The summed E-state index contributed by atoms with van der Waals surface area (Å²) in [6, 6.07) is 0. The molecule has 6 heteroatoms. The van der Waals surface area contributed by atoms with E-state index in [0.717, 1.165) is 12.5 Å². The summed E-state index contributed by atoms with van der Waals surface area (Å²) >= 11 is 0. The Balaban J connectivity index is 1.84. The molecule has 1 aromatic heterocycles. The van der Waals surface area contributed by atoms with Gasteiger partial charge in [0, 0.05) is 27.2 Å². The standard InChI is InChI=1S/C12H19FN4O/c1-14-12-15-7-10(13)11(16-12)17(2)5-6-18-8-9-3-4-9/h7,9H,3-6,8H2,1-2H3,(H,14,15,16). The summed E-state index contributed by atoms with van der Waals surface area (Å²) in [6.07, 6.45) is 3.74. The van der Waals surface area contributed by atoms with E-state index in [1.807, 2.05) is 0 Å². The van der Waals surface area contributed by atoms with Crippen molar-refractivity contribution in [2.24, 2.45) is 5.92 Å². The summed E-state index contributed by atoms with van der Waals surface area (Å²) < 4.78 is 19.1. The summed E-state index contributed by atoms with van der Waals surface area (Å²) in [5.74, 6) is 1.04. The molecule has 1 aromatic rings. The minimum Gasteiger partial charge on any atom is -0.379 e. The molecule has 5 nitrogen and oxygen atoms in total. The van der Waals surface area contributed by atoms with Crippen molar-refractivity contribution in [3.05, 3.63) is 12.0 Å². The predicted octanol–water partition coefficient (Wildman–Crippen LogP) is 1.52. The Morgan fingerprint density at radius 3 is 3.00 bits per heavy atom. The van der Waals surface area contributed by atoms with E-state index in [-0.39, 0.29) is 0 Å². The second-order valence-electron chi connectivity index (χ2n) is 4.55. The van der Waals surface area contributed by atoms with Crippen LogP contribution in [0.25, 0.3) is 0 Å². The molecule has 1 N–H and O–H groups in total. The molecule has 1 fully saturated rings. The van der Waals surface area contributed by atoms with Crippen molar-refractivity contribution in [1.29, 1.82) is 0 Å². The van der Waals surface area contributed by atoms with Crippen LogP contribution in [0, 0.1) is 11.7 Å². The van der Waals surface area contributed by atoms with Crippen LogP contribution < -0.4 is 10.2 Å². The molecule has 1 heterocycles. The highest BCUT2D eigenvalue weighted by Crippen LogP contribution is 2.28. The molecule has 0 bridgehead atoms. The lowest BCUT2D eigenvalue weighted by atomic mass is 10.4. The molecule has 0 amide bonds. The Bertz CT molecular complexity index is 398. The molecule has 1 saturated carbocycles. The molecule has 18 heavy (non-hydrogen) atoms. The zero-order valence-corrected chi connectivity index (χ0v) is 10.8. The zero-order valence-electron chi connectivity index (χ0n) is 10.8. The van der Waals surface area contributed by atoms with Gasteiger partial charge < -0.3 is 15.0 Å². The number of nitrogens with one attached hydrogen (secondary N) is 1. The molecule has 2 rings (SSSR count). The number of nitrogens with zero attached hydrogens (tertiary/aromatic N) is 3. The average molecular weight is 254 g/mol. The molecule has 100 valence electrons. The van der Waals surface area contributed by atoms with Crippen LogP contribution in [0.1, 0.15) is 12.8 Å². The number of hydrogen-bond donors (Lipinski definition) is 1. The molecular formula is C12H19FN4O. The Kier molecular flexibility index (Phi) is 4.30. The second-order valence-corrected chi connectivity index (χ2v) is 4.55. The molecule has 1 aliphatic carbocycles. The third kappa shape index (κ3) is 3.53. The van der Waals surface area contributed by atoms with Gasteiger partial charge in [0.15, 0.2) is 11.6 Å².